The highest BCUT2D eigenvalue weighted by Crippen LogP contribution is 2.70. The smallest absolute Gasteiger partial charge is 0.186 e. The number of ether oxygens (including phenoxy) is 4. The molecule has 0 aromatic heterocycles. The van der Waals surface area contributed by atoms with E-state index in [0.717, 1.165) is 25.7 Å². The van der Waals surface area contributed by atoms with Gasteiger partial charge in [0.2, 0.25) is 0 Å². The van der Waals surface area contributed by atoms with Crippen molar-refractivity contribution >= 4 is 0 Å². The van der Waals surface area contributed by atoms with Crippen molar-refractivity contribution in [1.82, 2.24) is 0 Å². The number of aliphatic hydroxyl groups excluding tert-OH is 5. The van der Waals surface area contributed by atoms with Crippen LogP contribution in [0.4, 0.5) is 0 Å². The Kier molecular flexibility index (Phi) is 10.2. The lowest BCUT2D eigenvalue weighted by Crippen LogP contribution is -2.71. The lowest BCUT2D eigenvalue weighted by molar-refractivity contribution is -0.321. The molecule has 4 aliphatic carbocycles. The molecule has 1 aliphatic heterocycles. The van der Waals surface area contributed by atoms with Crippen molar-refractivity contribution in [3.63, 3.8) is 0 Å². The Morgan fingerprint density at radius 3 is 2.18 bits per heavy atom. The fraction of sp³-hybridized carbons (Fsp3) is 1.00. The van der Waals surface area contributed by atoms with Gasteiger partial charge in [0.05, 0.1) is 42.7 Å². The first-order valence-corrected chi connectivity index (χ1v) is 17.1. The minimum Gasteiger partial charge on any atom is -0.393 e. The van der Waals surface area contributed by atoms with Gasteiger partial charge in [-0.15, -0.1) is 0 Å². The van der Waals surface area contributed by atoms with Crippen LogP contribution in [0.1, 0.15) is 86.0 Å². The van der Waals surface area contributed by atoms with Gasteiger partial charge < -0.3 is 49.6 Å². The number of fused-ring (bicyclic) bond motifs is 5. The minimum absolute atomic E-state index is 0.0983. The summed E-state index contributed by atoms with van der Waals surface area (Å²) in [4.78, 5) is 0. The van der Waals surface area contributed by atoms with Gasteiger partial charge in [-0.25, -0.2) is 0 Å². The first kappa shape index (κ1) is 34.9. The zero-order valence-electron chi connectivity index (χ0n) is 27.8. The van der Waals surface area contributed by atoms with E-state index < -0.39 is 66.0 Å². The normalized spacial score (nSPS) is 52.2. The van der Waals surface area contributed by atoms with Crippen LogP contribution < -0.4 is 0 Å². The van der Waals surface area contributed by atoms with Gasteiger partial charge in [0.15, 0.2) is 6.29 Å². The molecule has 0 radical (unpaired) electrons. The van der Waals surface area contributed by atoms with Crippen molar-refractivity contribution in [2.75, 3.05) is 20.8 Å². The molecule has 256 valence electrons. The van der Waals surface area contributed by atoms with Crippen molar-refractivity contribution in [3.8, 4) is 0 Å². The molecule has 10 nitrogen and oxygen atoms in total. The largest absolute Gasteiger partial charge is 0.393 e. The van der Waals surface area contributed by atoms with Gasteiger partial charge in [0.1, 0.15) is 18.3 Å². The Hall–Kier alpha value is -0.400. The summed E-state index contributed by atoms with van der Waals surface area (Å²) in [7, 11) is 2.97. The van der Waals surface area contributed by atoms with Crippen LogP contribution in [0.5, 0.6) is 0 Å². The summed E-state index contributed by atoms with van der Waals surface area (Å²) in [5.74, 6) is -0.386. The Morgan fingerprint density at radius 2 is 1.55 bits per heavy atom. The molecular weight excluding hydrogens is 568 g/mol. The SMILES string of the molecule is CO[C@H]1[C@H](O[C@H]2CC[C@@]3(C)[C@H]([C@H]2O)[C@H](O)C[C@]2(O)[C@@H]3CC[C@]3(C)[C@@H]([C@H](C)CC[C@H](O)C(C)C)C[C@H](O)[C@H]32)OC[C@@H](OC)[C@@H]1O. The predicted molar refractivity (Wildman–Crippen MR) is 162 cm³/mol. The Morgan fingerprint density at radius 1 is 0.864 bits per heavy atom. The van der Waals surface area contributed by atoms with Gasteiger partial charge in [-0.3, -0.25) is 0 Å². The van der Waals surface area contributed by atoms with Crippen molar-refractivity contribution in [2.45, 2.75) is 147 Å². The highest BCUT2D eigenvalue weighted by molar-refractivity contribution is 5.21. The van der Waals surface area contributed by atoms with Gasteiger partial charge >= 0.3 is 0 Å². The molecule has 10 heteroatoms. The topological polar surface area (TPSA) is 158 Å². The van der Waals surface area contributed by atoms with E-state index in [9.17, 15) is 30.6 Å². The van der Waals surface area contributed by atoms with Crippen LogP contribution in [-0.2, 0) is 18.9 Å². The Balaban J connectivity index is 1.33. The summed E-state index contributed by atoms with van der Waals surface area (Å²) in [5.41, 5.74) is -2.11. The van der Waals surface area contributed by atoms with E-state index in [1.54, 1.807) is 0 Å². The molecule has 5 rings (SSSR count). The van der Waals surface area contributed by atoms with Crippen molar-refractivity contribution in [2.24, 2.45) is 46.3 Å². The summed E-state index contributed by atoms with van der Waals surface area (Å²) in [6.45, 7) is 10.7. The van der Waals surface area contributed by atoms with Crippen LogP contribution in [0.2, 0.25) is 0 Å². The van der Waals surface area contributed by atoms with Crippen LogP contribution in [0, 0.1) is 46.3 Å². The van der Waals surface area contributed by atoms with Crippen LogP contribution in [0.25, 0.3) is 0 Å². The summed E-state index contributed by atoms with van der Waals surface area (Å²) in [5, 5.41) is 68.9. The third-order valence-electron chi connectivity index (χ3n) is 13.4. The molecular formula is C34H60O10. The number of aliphatic hydroxyl groups is 6. The van der Waals surface area contributed by atoms with Crippen molar-refractivity contribution in [1.29, 1.82) is 0 Å². The Bertz CT molecular complexity index is 982. The van der Waals surface area contributed by atoms with Crippen LogP contribution in [-0.4, -0.2) is 112 Å². The van der Waals surface area contributed by atoms with Gasteiger partial charge in [-0.1, -0.05) is 34.6 Å². The standard InChI is InChI=1S/C34H60O10/c1-17(2)20(35)9-8-18(3)19-14-21(36)30-32(19,4)13-11-25-33(5)12-10-23(27(38)26(33)22(37)15-34(25,30)40)44-31-29(42-7)28(39)24(41-6)16-43-31/h17-31,35-40H,8-16H2,1-7H3/t18-,19-,20+,21+,22-,23+,24-,25-,26+,27+,28+,29-,30-,31+,32-,33-,34+/m1/s1. The lowest BCUT2D eigenvalue weighted by atomic mass is 9.41. The van der Waals surface area contributed by atoms with E-state index in [-0.39, 0.29) is 54.1 Å². The summed E-state index contributed by atoms with van der Waals surface area (Å²) >= 11 is 0. The highest BCUT2D eigenvalue weighted by Gasteiger charge is 2.72. The molecule has 1 heterocycles. The molecule has 5 fully saturated rings. The summed E-state index contributed by atoms with van der Waals surface area (Å²) in [6.07, 6.45) is -1.79. The molecule has 0 unspecified atom stereocenters. The van der Waals surface area contributed by atoms with Crippen molar-refractivity contribution in [3.05, 3.63) is 0 Å². The van der Waals surface area contributed by atoms with Gasteiger partial charge in [0, 0.05) is 32.5 Å². The third-order valence-corrected chi connectivity index (χ3v) is 13.4. The zero-order chi connectivity index (χ0) is 32.4. The van der Waals surface area contributed by atoms with Crippen LogP contribution in [0.15, 0.2) is 0 Å². The maximum absolute atomic E-state index is 12.7. The van der Waals surface area contributed by atoms with Crippen LogP contribution in [0.3, 0.4) is 0 Å². The zero-order valence-corrected chi connectivity index (χ0v) is 27.8. The quantitative estimate of drug-likeness (QED) is 0.209. The second-order valence-electron chi connectivity index (χ2n) is 16.0. The molecule has 0 spiro atoms. The molecule has 1 saturated heterocycles. The number of hydrogen-bond donors (Lipinski definition) is 6. The van der Waals surface area contributed by atoms with E-state index in [0.29, 0.717) is 19.3 Å². The monoisotopic (exact) mass is 628 g/mol. The molecule has 44 heavy (non-hydrogen) atoms. The van der Waals surface area contributed by atoms with Crippen LogP contribution >= 0.6 is 0 Å². The molecule has 5 aliphatic rings. The average molecular weight is 629 g/mol. The lowest BCUT2D eigenvalue weighted by Gasteiger charge is -2.66. The molecule has 0 bridgehead atoms. The second-order valence-corrected chi connectivity index (χ2v) is 16.0. The van der Waals surface area contributed by atoms with Gasteiger partial charge in [-0.2, -0.15) is 0 Å². The summed E-state index contributed by atoms with van der Waals surface area (Å²) in [6, 6.07) is 0. The van der Waals surface area contributed by atoms with Crippen molar-refractivity contribution < 1.29 is 49.6 Å². The predicted octanol–water partition coefficient (Wildman–Crippen LogP) is 2.24. The van der Waals surface area contributed by atoms with Gasteiger partial charge in [-0.05, 0) is 79.4 Å². The molecule has 17 atom stereocenters. The molecule has 6 N–H and O–H groups in total. The molecule has 0 amide bonds. The number of hydrogen-bond acceptors (Lipinski definition) is 10. The third kappa shape index (κ3) is 5.61. The fourth-order valence-corrected chi connectivity index (χ4v) is 11.1. The first-order valence-electron chi connectivity index (χ1n) is 17.1. The summed E-state index contributed by atoms with van der Waals surface area (Å²) < 4.78 is 22.9. The van der Waals surface area contributed by atoms with E-state index >= 15 is 0 Å². The molecule has 0 aromatic carbocycles. The number of methoxy groups -OCH3 is 2. The second kappa shape index (κ2) is 12.9. The van der Waals surface area contributed by atoms with E-state index in [4.69, 9.17) is 18.9 Å². The molecule has 4 saturated carbocycles. The van der Waals surface area contributed by atoms with E-state index in [1.807, 2.05) is 13.8 Å². The number of rotatable bonds is 9. The first-order chi connectivity index (χ1) is 20.6. The van der Waals surface area contributed by atoms with Gasteiger partial charge in [0.25, 0.3) is 0 Å². The minimum atomic E-state index is -1.26. The highest BCUT2D eigenvalue weighted by atomic mass is 16.7. The fourth-order valence-electron chi connectivity index (χ4n) is 11.1. The average Bonchev–Trinajstić information content (AvgIpc) is 3.24. The molecule has 0 aromatic rings. The van der Waals surface area contributed by atoms with E-state index in [2.05, 4.69) is 20.8 Å². The maximum atomic E-state index is 12.7. The van der Waals surface area contributed by atoms with E-state index in [1.165, 1.54) is 14.2 Å². The maximum Gasteiger partial charge on any atom is 0.186 e. The Labute approximate surface area is 263 Å².